The first-order valence-corrected chi connectivity index (χ1v) is 12.9. The predicted octanol–water partition coefficient (Wildman–Crippen LogP) is 6.88. The van der Waals surface area contributed by atoms with Crippen molar-refractivity contribution in [1.29, 1.82) is 0 Å². The van der Waals surface area contributed by atoms with Crippen LogP contribution in [-0.4, -0.2) is 33.5 Å². The zero-order valence-electron chi connectivity index (χ0n) is 15.4. The third-order valence-electron chi connectivity index (χ3n) is 4.02. The molecule has 0 N–H and O–H groups in total. The molecule has 0 aliphatic rings. The molecule has 0 saturated heterocycles. The van der Waals surface area contributed by atoms with E-state index in [-0.39, 0.29) is 0 Å². The molecule has 0 fully saturated rings. The molecule has 0 saturated carbocycles. The quantitative estimate of drug-likeness (QED) is 0.145. The van der Waals surface area contributed by atoms with Crippen LogP contribution in [0.5, 0.6) is 0 Å². The molecule has 0 aliphatic heterocycles. The number of halogens is 2. The lowest BCUT2D eigenvalue weighted by molar-refractivity contribution is 0.165. The molecule has 5 heteroatoms. The minimum absolute atomic E-state index is 0.780. The summed E-state index contributed by atoms with van der Waals surface area (Å²) in [5.41, 5.74) is 0. The lowest BCUT2D eigenvalue weighted by Crippen LogP contribution is -2.42. The maximum atomic E-state index is 6.36. The Kier molecular flexibility index (Phi) is 18.1. The average Bonchev–Trinajstić information content (AvgIpc) is 2.57. The molecule has 0 aliphatic carbocycles. The topological polar surface area (TPSA) is 18.5 Å². The summed E-state index contributed by atoms with van der Waals surface area (Å²) in [6.07, 6.45) is 11.8. The van der Waals surface area contributed by atoms with E-state index in [1.807, 2.05) is 0 Å². The van der Waals surface area contributed by atoms with Gasteiger partial charge in [-0.1, -0.05) is 52.4 Å². The van der Waals surface area contributed by atoms with Crippen molar-refractivity contribution < 1.29 is 8.85 Å². The van der Waals surface area contributed by atoms with Gasteiger partial charge in [0.25, 0.3) is 0 Å². The SMILES string of the molecule is CCCO[Si](CCCCCCCl)(CCCCCCCl)OCCC. The summed E-state index contributed by atoms with van der Waals surface area (Å²) in [4.78, 5) is 0. The molecule has 23 heavy (non-hydrogen) atoms. The monoisotopic (exact) mass is 384 g/mol. The highest BCUT2D eigenvalue weighted by atomic mass is 35.5. The Balaban J connectivity index is 4.40. The van der Waals surface area contributed by atoms with Crippen molar-refractivity contribution in [2.45, 2.75) is 90.1 Å². The van der Waals surface area contributed by atoms with Gasteiger partial charge in [0.2, 0.25) is 0 Å². The van der Waals surface area contributed by atoms with Crippen molar-refractivity contribution in [3.05, 3.63) is 0 Å². The smallest absolute Gasteiger partial charge is 0.338 e. The third kappa shape index (κ3) is 13.7. The van der Waals surface area contributed by atoms with Gasteiger partial charge in [-0.2, -0.15) is 0 Å². The Bertz CT molecular complexity index is 219. The van der Waals surface area contributed by atoms with Gasteiger partial charge in [-0.05, 0) is 37.8 Å². The lowest BCUT2D eigenvalue weighted by atomic mass is 10.2. The Labute approximate surface area is 155 Å². The maximum absolute atomic E-state index is 6.36. The van der Waals surface area contributed by atoms with E-state index in [0.29, 0.717) is 0 Å². The fourth-order valence-electron chi connectivity index (χ4n) is 2.72. The number of rotatable bonds is 18. The molecule has 0 heterocycles. The van der Waals surface area contributed by atoms with Gasteiger partial charge in [-0.25, -0.2) is 0 Å². The van der Waals surface area contributed by atoms with Crippen molar-refractivity contribution >= 4 is 31.8 Å². The highest BCUT2D eigenvalue weighted by molar-refractivity contribution is 6.67. The zero-order chi connectivity index (χ0) is 17.2. The molecular weight excluding hydrogens is 347 g/mol. The Morgan fingerprint density at radius 2 is 1.00 bits per heavy atom. The largest absolute Gasteiger partial charge is 0.394 e. The van der Waals surface area contributed by atoms with Gasteiger partial charge in [-0.3, -0.25) is 0 Å². The standard InChI is InChI=1S/C18H38Cl2O2Si/c1-3-15-21-23(22-16-4-2,17-11-7-5-9-13-19)18-12-8-6-10-14-20/h3-18H2,1-2H3. The van der Waals surface area contributed by atoms with E-state index >= 15 is 0 Å². The Morgan fingerprint density at radius 3 is 1.35 bits per heavy atom. The Hall–Kier alpha value is 0.717. The molecule has 0 spiro atoms. The number of alkyl halides is 2. The number of hydrogen-bond acceptors (Lipinski definition) is 2. The summed E-state index contributed by atoms with van der Waals surface area (Å²) >= 11 is 11.5. The van der Waals surface area contributed by atoms with Crippen LogP contribution in [-0.2, 0) is 8.85 Å². The molecule has 0 atom stereocenters. The molecule has 0 aromatic carbocycles. The van der Waals surface area contributed by atoms with E-state index in [1.165, 1.54) is 38.5 Å². The Morgan fingerprint density at radius 1 is 0.609 bits per heavy atom. The maximum Gasteiger partial charge on any atom is 0.338 e. The van der Waals surface area contributed by atoms with Crippen molar-refractivity contribution in [3.8, 4) is 0 Å². The minimum atomic E-state index is -2.02. The fourth-order valence-corrected chi connectivity index (χ4v) is 6.73. The molecule has 0 amide bonds. The van der Waals surface area contributed by atoms with E-state index in [0.717, 1.165) is 62.7 Å². The summed E-state index contributed by atoms with van der Waals surface area (Å²) in [5.74, 6) is 1.56. The van der Waals surface area contributed by atoms with Gasteiger partial charge in [0.15, 0.2) is 0 Å². The van der Waals surface area contributed by atoms with Crippen LogP contribution in [0.1, 0.15) is 78.1 Å². The highest BCUT2D eigenvalue weighted by Gasteiger charge is 2.36. The van der Waals surface area contributed by atoms with Gasteiger partial charge in [0.05, 0.1) is 0 Å². The first-order valence-electron chi connectivity index (χ1n) is 9.64. The molecule has 2 nitrogen and oxygen atoms in total. The predicted molar refractivity (Wildman–Crippen MR) is 106 cm³/mol. The van der Waals surface area contributed by atoms with E-state index < -0.39 is 8.56 Å². The van der Waals surface area contributed by atoms with Gasteiger partial charge in [0.1, 0.15) is 0 Å². The van der Waals surface area contributed by atoms with Crippen molar-refractivity contribution in [1.82, 2.24) is 0 Å². The lowest BCUT2D eigenvalue weighted by Gasteiger charge is -2.31. The summed E-state index contributed by atoms with van der Waals surface area (Å²) in [6, 6.07) is 2.29. The van der Waals surface area contributed by atoms with Crippen LogP contribution in [0.15, 0.2) is 0 Å². The van der Waals surface area contributed by atoms with Crippen LogP contribution in [0.2, 0.25) is 12.1 Å². The number of hydrogen-bond donors (Lipinski definition) is 0. The van der Waals surface area contributed by atoms with Crippen LogP contribution in [0.4, 0.5) is 0 Å². The normalized spacial score (nSPS) is 12.0. The van der Waals surface area contributed by atoms with E-state index in [1.54, 1.807) is 0 Å². The molecule has 0 bridgehead atoms. The van der Waals surface area contributed by atoms with Gasteiger partial charge in [0, 0.05) is 25.0 Å². The second-order valence-electron chi connectivity index (χ2n) is 6.31. The third-order valence-corrected chi connectivity index (χ3v) is 8.25. The number of unbranched alkanes of at least 4 members (excludes halogenated alkanes) is 6. The molecule has 0 unspecified atom stereocenters. The fraction of sp³-hybridized carbons (Fsp3) is 1.00. The summed E-state index contributed by atoms with van der Waals surface area (Å²) < 4.78 is 12.7. The minimum Gasteiger partial charge on any atom is -0.394 e. The van der Waals surface area contributed by atoms with Crippen LogP contribution in [0, 0.1) is 0 Å². The van der Waals surface area contributed by atoms with Gasteiger partial charge in [-0.15, -0.1) is 23.2 Å². The summed E-state index contributed by atoms with van der Waals surface area (Å²) in [6.45, 7) is 6.05. The molecule has 0 radical (unpaired) electrons. The summed E-state index contributed by atoms with van der Waals surface area (Å²) in [5, 5.41) is 0. The molecule has 140 valence electrons. The molecular formula is C18H38Cl2O2Si. The molecule has 0 aromatic rings. The van der Waals surface area contributed by atoms with Crippen LogP contribution in [0.3, 0.4) is 0 Å². The van der Waals surface area contributed by atoms with E-state index in [9.17, 15) is 0 Å². The van der Waals surface area contributed by atoms with Gasteiger partial charge < -0.3 is 8.85 Å². The van der Waals surface area contributed by atoms with E-state index in [2.05, 4.69) is 13.8 Å². The highest BCUT2D eigenvalue weighted by Crippen LogP contribution is 2.26. The molecule has 0 aromatic heterocycles. The second-order valence-corrected chi connectivity index (χ2v) is 10.5. The second kappa shape index (κ2) is 17.5. The van der Waals surface area contributed by atoms with Crippen LogP contribution in [0.25, 0.3) is 0 Å². The van der Waals surface area contributed by atoms with E-state index in [4.69, 9.17) is 32.1 Å². The zero-order valence-corrected chi connectivity index (χ0v) is 17.9. The van der Waals surface area contributed by atoms with Crippen molar-refractivity contribution in [3.63, 3.8) is 0 Å². The van der Waals surface area contributed by atoms with Crippen molar-refractivity contribution in [2.24, 2.45) is 0 Å². The van der Waals surface area contributed by atoms with Crippen LogP contribution >= 0.6 is 23.2 Å². The van der Waals surface area contributed by atoms with Crippen LogP contribution < -0.4 is 0 Å². The summed E-state index contributed by atoms with van der Waals surface area (Å²) in [7, 11) is -2.02. The van der Waals surface area contributed by atoms with Gasteiger partial charge >= 0.3 is 8.56 Å². The first-order chi connectivity index (χ1) is 11.2. The first kappa shape index (κ1) is 23.7. The average molecular weight is 385 g/mol. The molecule has 0 rings (SSSR count). The van der Waals surface area contributed by atoms with Crippen molar-refractivity contribution in [2.75, 3.05) is 25.0 Å².